The van der Waals surface area contributed by atoms with Gasteiger partial charge in [0.25, 0.3) is 0 Å². The molecule has 0 unspecified atom stereocenters. The first-order valence-corrected chi connectivity index (χ1v) is 3.35. The van der Waals surface area contributed by atoms with E-state index in [-0.39, 0.29) is 5.78 Å². The molecule has 0 bridgehead atoms. The lowest BCUT2D eigenvalue weighted by Gasteiger charge is -2.02. The first kappa shape index (κ1) is 7.72. The van der Waals surface area contributed by atoms with Crippen LogP contribution in [0.1, 0.15) is 23.0 Å². The van der Waals surface area contributed by atoms with Crippen molar-refractivity contribution in [1.29, 1.82) is 0 Å². The Hall–Kier alpha value is -1.38. The van der Waals surface area contributed by atoms with Crippen LogP contribution in [0.5, 0.6) is 0 Å². The van der Waals surface area contributed by atoms with E-state index in [4.69, 9.17) is 5.73 Å². The van der Waals surface area contributed by atoms with Gasteiger partial charge in [0.1, 0.15) is 0 Å². The van der Waals surface area contributed by atoms with Gasteiger partial charge in [0, 0.05) is 11.8 Å². The summed E-state index contributed by atoms with van der Waals surface area (Å²) in [6.45, 7) is 3.27. The predicted octanol–water partition coefficient (Wildman–Crippen LogP) is 1.17. The maximum Gasteiger partial charge on any atom is 0.161 e. The SMILES string of the molecule is CC(=O)c1ccnc(C)c1N. The maximum atomic E-state index is 10.9. The molecule has 0 fully saturated rings. The van der Waals surface area contributed by atoms with Crippen LogP contribution in [0, 0.1) is 6.92 Å². The molecule has 0 aliphatic rings. The van der Waals surface area contributed by atoms with Gasteiger partial charge >= 0.3 is 0 Å². The van der Waals surface area contributed by atoms with Gasteiger partial charge in [-0.1, -0.05) is 0 Å². The largest absolute Gasteiger partial charge is 0.397 e. The molecule has 0 saturated carbocycles. The van der Waals surface area contributed by atoms with Crippen molar-refractivity contribution in [2.24, 2.45) is 0 Å². The van der Waals surface area contributed by atoms with Crippen LogP contribution in [0.15, 0.2) is 12.3 Å². The molecule has 1 aromatic rings. The molecule has 11 heavy (non-hydrogen) atoms. The molecule has 0 saturated heterocycles. The maximum absolute atomic E-state index is 10.9. The quantitative estimate of drug-likeness (QED) is 0.611. The van der Waals surface area contributed by atoms with Gasteiger partial charge in [-0.2, -0.15) is 0 Å². The Morgan fingerprint density at radius 1 is 1.64 bits per heavy atom. The molecule has 0 spiro atoms. The van der Waals surface area contributed by atoms with Crippen LogP contribution in [0.3, 0.4) is 0 Å². The molecule has 0 aliphatic heterocycles. The van der Waals surface area contributed by atoms with E-state index in [0.29, 0.717) is 16.9 Å². The minimum atomic E-state index is -0.0204. The molecular formula is C8H10N2O. The zero-order valence-corrected chi connectivity index (χ0v) is 6.59. The Morgan fingerprint density at radius 3 is 2.73 bits per heavy atom. The van der Waals surface area contributed by atoms with Gasteiger partial charge in [-0.05, 0) is 19.9 Å². The fraction of sp³-hybridized carbons (Fsp3) is 0.250. The summed E-state index contributed by atoms with van der Waals surface area (Å²) in [5.74, 6) is -0.0204. The number of pyridine rings is 1. The molecule has 1 aromatic heterocycles. The molecule has 2 N–H and O–H groups in total. The van der Waals surface area contributed by atoms with Crippen molar-refractivity contribution in [1.82, 2.24) is 4.98 Å². The molecule has 3 nitrogen and oxygen atoms in total. The van der Waals surface area contributed by atoms with Gasteiger partial charge in [0.15, 0.2) is 5.78 Å². The van der Waals surface area contributed by atoms with E-state index in [1.165, 1.54) is 6.92 Å². The Bertz CT molecular complexity index is 294. The monoisotopic (exact) mass is 150 g/mol. The third-order valence-corrected chi connectivity index (χ3v) is 1.57. The van der Waals surface area contributed by atoms with Crippen LogP contribution in [0.25, 0.3) is 0 Å². The van der Waals surface area contributed by atoms with Gasteiger partial charge in [0.05, 0.1) is 11.4 Å². The van der Waals surface area contributed by atoms with Crippen molar-refractivity contribution in [2.75, 3.05) is 5.73 Å². The van der Waals surface area contributed by atoms with Crippen molar-refractivity contribution in [3.63, 3.8) is 0 Å². The molecule has 1 heterocycles. The van der Waals surface area contributed by atoms with Crippen LogP contribution >= 0.6 is 0 Å². The van der Waals surface area contributed by atoms with E-state index in [0.717, 1.165) is 0 Å². The van der Waals surface area contributed by atoms with E-state index in [2.05, 4.69) is 4.98 Å². The highest BCUT2D eigenvalue weighted by molar-refractivity contribution is 5.99. The van der Waals surface area contributed by atoms with E-state index in [1.54, 1.807) is 19.2 Å². The number of rotatable bonds is 1. The second-order valence-electron chi connectivity index (χ2n) is 2.41. The van der Waals surface area contributed by atoms with Gasteiger partial charge in [-0.15, -0.1) is 0 Å². The van der Waals surface area contributed by atoms with E-state index < -0.39 is 0 Å². The molecule has 0 aromatic carbocycles. The molecule has 0 amide bonds. The number of anilines is 1. The molecule has 0 atom stereocenters. The van der Waals surface area contributed by atoms with Crippen molar-refractivity contribution in [3.05, 3.63) is 23.5 Å². The summed E-state index contributed by atoms with van der Waals surface area (Å²) in [5, 5.41) is 0. The molecule has 1 rings (SSSR count). The standard InChI is InChI=1S/C8H10N2O/c1-5-8(9)7(6(2)11)3-4-10-5/h3-4H,9H2,1-2H3. The molecule has 0 aliphatic carbocycles. The second kappa shape index (κ2) is 2.70. The first-order chi connectivity index (χ1) is 5.13. The van der Waals surface area contributed by atoms with Crippen LogP contribution in [-0.2, 0) is 0 Å². The van der Waals surface area contributed by atoms with Crippen LogP contribution < -0.4 is 5.73 Å². The number of hydrogen-bond acceptors (Lipinski definition) is 3. The highest BCUT2D eigenvalue weighted by Gasteiger charge is 2.05. The molecular weight excluding hydrogens is 140 g/mol. The van der Waals surface area contributed by atoms with Crippen LogP contribution in [0.4, 0.5) is 5.69 Å². The average Bonchev–Trinajstić information content (AvgIpc) is 1.94. The number of carbonyl (C=O) groups excluding carboxylic acids is 1. The third-order valence-electron chi connectivity index (χ3n) is 1.57. The Balaban J connectivity index is 3.27. The average molecular weight is 150 g/mol. The molecule has 3 heteroatoms. The van der Waals surface area contributed by atoms with E-state index >= 15 is 0 Å². The summed E-state index contributed by atoms with van der Waals surface area (Å²) in [4.78, 5) is 14.9. The number of aromatic nitrogens is 1. The Labute approximate surface area is 65.2 Å². The Morgan fingerprint density at radius 2 is 2.27 bits per heavy atom. The number of aryl methyl sites for hydroxylation is 1. The molecule has 0 radical (unpaired) electrons. The van der Waals surface area contributed by atoms with E-state index in [1.807, 2.05) is 0 Å². The fourth-order valence-corrected chi connectivity index (χ4v) is 0.885. The zero-order chi connectivity index (χ0) is 8.43. The van der Waals surface area contributed by atoms with Gasteiger partial charge in [-0.3, -0.25) is 9.78 Å². The number of nitrogen functional groups attached to an aromatic ring is 1. The van der Waals surface area contributed by atoms with Crippen molar-refractivity contribution in [3.8, 4) is 0 Å². The predicted molar refractivity (Wildman–Crippen MR) is 43.4 cm³/mol. The minimum absolute atomic E-state index is 0.0204. The third kappa shape index (κ3) is 1.37. The number of ketones is 1. The minimum Gasteiger partial charge on any atom is -0.397 e. The van der Waals surface area contributed by atoms with Gasteiger partial charge in [0.2, 0.25) is 0 Å². The normalized spacial score (nSPS) is 9.64. The lowest BCUT2D eigenvalue weighted by Crippen LogP contribution is -2.02. The summed E-state index contributed by atoms with van der Waals surface area (Å²) >= 11 is 0. The fourth-order valence-electron chi connectivity index (χ4n) is 0.885. The van der Waals surface area contributed by atoms with Crippen molar-refractivity contribution >= 4 is 11.5 Å². The summed E-state index contributed by atoms with van der Waals surface area (Å²) < 4.78 is 0. The summed E-state index contributed by atoms with van der Waals surface area (Å²) in [6, 6.07) is 1.63. The topological polar surface area (TPSA) is 56.0 Å². The van der Waals surface area contributed by atoms with Crippen molar-refractivity contribution < 1.29 is 4.79 Å². The smallest absolute Gasteiger partial charge is 0.161 e. The summed E-state index contributed by atoms with van der Waals surface area (Å²) in [6.07, 6.45) is 1.59. The number of carbonyl (C=O) groups is 1. The van der Waals surface area contributed by atoms with Gasteiger partial charge in [-0.25, -0.2) is 0 Å². The Kier molecular flexibility index (Phi) is 1.89. The van der Waals surface area contributed by atoms with Crippen LogP contribution in [-0.4, -0.2) is 10.8 Å². The number of nitrogens with two attached hydrogens (primary N) is 1. The highest BCUT2D eigenvalue weighted by atomic mass is 16.1. The number of nitrogens with zero attached hydrogens (tertiary/aromatic N) is 1. The lowest BCUT2D eigenvalue weighted by molar-refractivity contribution is 0.101. The number of hydrogen-bond donors (Lipinski definition) is 1. The lowest BCUT2D eigenvalue weighted by atomic mass is 10.1. The number of Topliss-reactive ketones (excluding diaryl/α,β-unsaturated/α-hetero) is 1. The summed E-state index contributed by atoms with van der Waals surface area (Å²) in [5.41, 5.74) is 7.35. The highest BCUT2D eigenvalue weighted by Crippen LogP contribution is 2.13. The van der Waals surface area contributed by atoms with E-state index in [9.17, 15) is 4.79 Å². The van der Waals surface area contributed by atoms with Crippen molar-refractivity contribution in [2.45, 2.75) is 13.8 Å². The molecule has 58 valence electrons. The first-order valence-electron chi connectivity index (χ1n) is 3.35. The van der Waals surface area contributed by atoms with Crippen LogP contribution in [0.2, 0.25) is 0 Å². The second-order valence-corrected chi connectivity index (χ2v) is 2.41. The summed E-state index contributed by atoms with van der Waals surface area (Å²) in [7, 11) is 0. The van der Waals surface area contributed by atoms with Gasteiger partial charge < -0.3 is 5.73 Å². The zero-order valence-electron chi connectivity index (χ0n) is 6.59.